The van der Waals surface area contributed by atoms with Gasteiger partial charge in [0.2, 0.25) is 5.91 Å². The number of hydrogen-bond acceptors (Lipinski definition) is 3. The molecule has 0 radical (unpaired) electrons. The Morgan fingerprint density at radius 1 is 1.24 bits per heavy atom. The smallest absolute Gasteiger partial charge is 0.334 e. The molecule has 136 valence electrons. The Kier molecular flexibility index (Phi) is 4.77. The first kappa shape index (κ1) is 17.8. The zero-order valence-electron chi connectivity index (χ0n) is 14.0. The van der Waals surface area contributed by atoms with Crippen LogP contribution in [0.5, 0.6) is 0 Å². The molecule has 1 aliphatic carbocycles. The molecule has 1 aliphatic heterocycles. The number of morpholine rings is 1. The van der Waals surface area contributed by atoms with Gasteiger partial charge in [0.25, 0.3) is 0 Å². The van der Waals surface area contributed by atoms with Gasteiger partial charge < -0.3 is 14.7 Å². The van der Waals surface area contributed by atoms with Gasteiger partial charge in [-0.25, -0.2) is 13.6 Å². The lowest BCUT2D eigenvalue weighted by molar-refractivity contribution is -0.168. The average molecular weight is 353 g/mol. The highest BCUT2D eigenvalue weighted by Gasteiger charge is 2.48. The van der Waals surface area contributed by atoms with Gasteiger partial charge in [0, 0.05) is 18.2 Å². The number of hydrogen-bond donors (Lipinski definition) is 1. The molecular weight excluding hydrogens is 332 g/mol. The zero-order chi connectivity index (χ0) is 18.2. The van der Waals surface area contributed by atoms with Gasteiger partial charge in [-0.2, -0.15) is 0 Å². The largest absolute Gasteiger partial charge is 0.479 e. The minimum atomic E-state index is -1.13. The van der Waals surface area contributed by atoms with E-state index in [0.29, 0.717) is 12.8 Å². The van der Waals surface area contributed by atoms with Crippen LogP contribution in [0.3, 0.4) is 0 Å². The fourth-order valence-electron chi connectivity index (χ4n) is 4.01. The van der Waals surface area contributed by atoms with Crippen molar-refractivity contribution in [1.29, 1.82) is 0 Å². The first-order chi connectivity index (χ1) is 11.8. The fraction of sp³-hybridized carbons (Fsp3) is 0.556. The van der Waals surface area contributed by atoms with E-state index >= 15 is 0 Å². The summed E-state index contributed by atoms with van der Waals surface area (Å²) in [5.74, 6) is -2.84. The van der Waals surface area contributed by atoms with E-state index in [1.54, 1.807) is 6.92 Å². The highest BCUT2D eigenvalue weighted by molar-refractivity contribution is 5.89. The van der Waals surface area contributed by atoms with E-state index in [2.05, 4.69) is 0 Å². The van der Waals surface area contributed by atoms with Crippen LogP contribution >= 0.6 is 0 Å². The summed E-state index contributed by atoms with van der Waals surface area (Å²) in [6.07, 6.45) is 0.963. The molecule has 0 aromatic heterocycles. The van der Waals surface area contributed by atoms with Gasteiger partial charge in [-0.1, -0.05) is 18.9 Å². The second-order valence-corrected chi connectivity index (χ2v) is 6.90. The second kappa shape index (κ2) is 6.71. The Morgan fingerprint density at radius 3 is 2.52 bits per heavy atom. The molecule has 1 aromatic carbocycles. The third-order valence-electron chi connectivity index (χ3n) is 5.14. The second-order valence-electron chi connectivity index (χ2n) is 6.90. The molecule has 25 heavy (non-hydrogen) atoms. The maximum atomic E-state index is 14.4. The van der Waals surface area contributed by atoms with Gasteiger partial charge in [-0.05, 0) is 25.8 Å². The molecule has 1 saturated heterocycles. The summed E-state index contributed by atoms with van der Waals surface area (Å²) in [4.78, 5) is 26.0. The van der Waals surface area contributed by atoms with E-state index < -0.39 is 35.2 Å². The third-order valence-corrected chi connectivity index (χ3v) is 5.14. The summed E-state index contributed by atoms with van der Waals surface area (Å²) in [5, 5.41) is 9.21. The van der Waals surface area contributed by atoms with Crippen LogP contribution in [0.4, 0.5) is 8.78 Å². The van der Waals surface area contributed by atoms with Crippen molar-refractivity contribution in [2.75, 3.05) is 13.1 Å². The van der Waals surface area contributed by atoms with Crippen LogP contribution in [-0.2, 0) is 19.7 Å². The highest BCUT2D eigenvalue weighted by Crippen LogP contribution is 2.44. The summed E-state index contributed by atoms with van der Waals surface area (Å²) < 4.78 is 33.1. The Labute approximate surface area is 144 Å². The Bertz CT molecular complexity index is 688. The molecule has 1 aromatic rings. The van der Waals surface area contributed by atoms with Crippen molar-refractivity contribution in [3.63, 3.8) is 0 Å². The van der Waals surface area contributed by atoms with Crippen LogP contribution in [0.25, 0.3) is 0 Å². The summed E-state index contributed by atoms with van der Waals surface area (Å²) in [5.41, 5.74) is -0.861. The third kappa shape index (κ3) is 3.25. The SMILES string of the molecule is C[C@@H]1CN(C(=O)C2(c3ccc(F)cc3F)CCCC2)CC(C(=O)O)O1. The molecule has 0 bridgehead atoms. The number of rotatable bonds is 3. The topological polar surface area (TPSA) is 66.8 Å². The number of ether oxygens (including phenoxy) is 1. The van der Waals surface area contributed by atoms with Gasteiger partial charge in [-0.15, -0.1) is 0 Å². The maximum absolute atomic E-state index is 14.4. The molecule has 1 heterocycles. The van der Waals surface area contributed by atoms with E-state index in [4.69, 9.17) is 4.74 Å². The van der Waals surface area contributed by atoms with Crippen LogP contribution in [-0.4, -0.2) is 47.2 Å². The Hall–Kier alpha value is -2.02. The quantitative estimate of drug-likeness (QED) is 0.907. The van der Waals surface area contributed by atoms with Crippen molar-refractivity contribution in [2.45, 2.75) is 50.2 Å². The molecule has 1 saturated carbocycles. The number of carbonyl (C=O) groups excluding carboxylic acids is 1. The number of benzene rings is 1. The lowest BCUT2D eigenvalue weighted by Crippen LogP contribution is -2.56. The summed E-state index contributed by atoms with van der Waals surface area (Å²) in [7, 11) is 0. The first-order valence-electron chi connectivity index (χ1n) is 8.46. The van der Waals surface area contributed by atoms with E-state index in [0.717, 1.165) is 25.0 Å². The van der Waals surface area contributed by atoms with E-state index in [9.17, 15) is 23.5 Å². The Morgan fingerprint density at radius 2 is 1.92 bits per heavy atom. The number of amides is 1. The van der Waals surface area contributed by atoms with Gasteiger partial charge >= 0.3 is 5.97 Å². The highest BCUT2D eigenvalue weighted by atomic mass is 19.1. The van der Waals surface area contributed by atoms with Crippen LogP contribution < -0.4 is 0 Å². The monoisotopic (exact) mass is 353 g/mol. The lowest BCUT2D eigenvalue weighted by Gasteiger charge is -2.40. The molecule has 3 rings (SSSR count). The number of carboxylic acids is 1. The van der Waals surface area contributed by atoms with Gasteiger partial charge in [0.05, 0.1) is 18.1 Å². The number of carboxylic acid groups (broad SMARTS) is 1. The predicted molar refractivity (Wildman–Crippen MR) is 85.1 cm³/mol. The molecule has 1 amide bonds. The number of halogens is 2. The molecule has 5 nitrogen and oxygen atoms in total. The van der Waals surface area contributed by atoms with Gasteiger partial charge in [-0.3, -0.25) is 4.79 Å². The van der Waals surface area contributed by atoms with Crippen molar-refractivity contribution >= 4 is 11.9 Å². The summed E-state index contributed by atoms with van der Waals surface area (Å²) in [6, 6.07) is 3.30. The molecule has 2 fully saturated rings. The summed E-state index contributed by atoms with van der Waals surface area (Å²) >= 11 is 0. The Balaban J connectivity index is 1.95. The minimum absolute atomic E-state index is 0.0664. The van der Waals surface area contributed by atoms with E-state index in [1.807, 2.05) is 0 Å². The van der Waals surface area contributed by atoms with Crippen molar-refractivity contribution in [3.05, 3.63) is 35.4 Å². The molecule has 1 unspecified atom stereocenters. The van der Waals surface area contributed by atoms with Crippen molar-refractivity contribution in [1.82, 2.24) is 4.90 Å². The molecule has 0 spiro atoms. The number of aliphatic carboxylic acids is 1. The molecule has 2 atom stereocenters. The van der Waals surface area contributed by atoms with Crippen molar-refractivity contribution in [3.8, 4) is 0 Å². The predicted octanol–water partition coefficient (Wildman–Crippen LogP) is 2.48. The number of carbonyl (C=O) groups is 2. The lowest BCUT2D eigenvalue weighted by atomic mass is 9.77. The van der Waals surface area contributed by atoms with Crippen molar-refractivity contribution in [2.24, 2.45) is 0 Å². The maximum Gasteiger partial charge on any atom is 0.334 e. The number of nitrogens with zero attached hydrogens (tertiary/aromatic N) is 1. The normalized spacial score (nSPS) is 25.8. The van der Waals surface area contributed by atoms with Crippen LogP contribution in [0, 0.1) is 11.6 Å². The molecule has 2 aliphatic rings. The van der Waals surface area contributed by atoms with Crippen LogP contribution in [0.1, 0.15) is 38.2 Å². The van der Waals surface area contributed by atoms with Gasteiger partial charge in [0.15, 0.2) is 6.10 Å². The van der Waals surface area contributed by atoms with Crippen molar-refractivity contribution < 1.29 is 28.2 Å². The van der Waals surface area contributed by atoms with E-state index in [1.165, 1.54) is 11.0 Å². The van der Waals surface area contributed by atoms with E-state index in [-0.39, 0.29) is 24.6 Å². The molecule has 7 heteroatoms. The zero-order valence-corrected chi connectivity index (χ0v) is 14.0. The van der Waals surface area contributed by atoms with Crippen LogP contribution in [0.2, 0.25) is 0 Å². The fourth-order valence-corrected chi connectivity index (χ4v) is 4.01. The summed E-state index contributed by atoms with van der Waals surface area (Å²) in [6.45, 7) is 1.89. The standard InChI is InChI=1S/C18H21F2NO4/c1-11-9-21(10-15(25-11)16(22)23)17(24)18(6-2-3-7-18)13-5-4-12(19)8-14(13)20/h4-5,8,11,15H,2-3,6-7,9-10H2,1H3,(H,22,23)/t11-,15?/m1/s1. The minimum Gasteiger partial charge on any atom is -0.479 e. The molecule has 1 N–H and O–H groups in total. The average Bonchev–Trinajstić information content (AvgIpc) is 3.04. The van der Waals surface area contributed by atoms with Gasteiger partial charge in [0.1, 0.15) is 11.6 Å². The first-order valence-corrected chi connectivity index (χ1v) is 8.46. The van der Waals surface area contributed by atoms with Crippen LogP contribution in [0.15, 0.2) is 18.2 Å². The molecular formula is C18H21F2NO4.